The smallest absolute Gasteiger partial charge is 0.407 e. The molecule has 0 spiro atoms. The van der Waals surface area contributed by atoms with Gasteiger partial charge in [-0.2, -0.15) is 0 Å². The lowest BCUT2D eigenvalue weighted by atomic mass is 9.62. The van der Waals surface area contributed by atoms with Gasteiger partial charge in [-0.1, -0.05) is 136 Å². The first-order chi connectivity index (χ1) is 37.0. The van der Waals surface area contributed by atoms with Crippen molar-refractivity contribution < 1.29 is 57.4 Å². The first kappa shape index (κ1) is 71.8. The second-order valence-corrected chi connectivity index (χ2v) is 25.3. The Labute approximate surface area is 474 Å². The van der Waals surface area contributed by atoms with Crippen LogP contribution < -0.4 is 31.5 Å². The van der Waals surface area contributed by atoms with Gasteiger partial charge in [0.15, 0.2) is 0 Å². The van der Waals surface area contributed by atoms with Gasteiger partial charge in [-0.05, 0) is 94.3 Å². The fourth-order valence-electron chi connectivity index (χ4n) is 11.1. The Kier molecular flexibility index (Phi) is 38.5. The third-order valence-corrected chi connectivity index (χ3v) is 15.1. The van der Waals surface area contributed by atoms with Crippen LogP contribution in [-0.2, 0) is 28.7 Å². The van der Waals surface area contributed by atoms with Crippen LogP contribution in [0.1, 0.15) is 234 Å². The van der Waals surface area contributed by atoms with E-state index in [1.807, 2.05) is 28.2 Å². The number of carboxylic acid groups (broad SMARTS) is 2. The van der Waals surface area contributed by atoms with Gasteiger partial charge in [0.05, 0.1) is 53.2 Å². The quantitative estimate of drug-likeness (QED) is 0.0257. The summed E-state index contributed by atoms with van der Waals surface area (Å²) >= 11 is 0. The molecule has 16 nitrogen and oxygen atoms in total. The van der Waals surface area contributed by atoms with E-state index in [9.17, 15) is 39.0 Å². The highest BCUT2D eigenvalue weighted by Gasteiger charge is 2.42. The topological polar surface area (TPSA) is 215 Å². The van der Waals surface area contributed by atoms with Crippen LogP contribution in [0.5, 0.6) is 0 Å². The van der Waals surface area contributed by atoms with Gasteiger partial charge in [0.25, 0.3) is 0 Å². The molecule has 0 aliphatic heterocycles. The molecular formula is C62H114N6O10. The van der Waals surface area contributed by atoms with Crippen LogP contribution >= 0.6 is 0 Å². The predicted molar refractivity (Wildman–Crippen MR) is 310 cm³/mol. The lowest BCUT2D eigenvalue weighted by molar-refractivity contribution is -0.884. The van der Waals surface area contributed by atoms with Crippen molar-refractivity contribution in [3.8, 4) is 0 Å². The highest BCUT2D eigenvalue weighted by Crippen LogP contribution is 2.46. The number of nitrogens with one attached hydrogen (secondary N) is 4. The number of unbranched alkanes of at least 4 members (excludes halogenated alkanes) is 16. The van der Waals surface area contributed by atoms with E-state index in [1.165, 1.54) is 0 Å². The van der Waals surface area contributed by atoms with Gasteiger partial charge in [-0.3, -0.25) is 9.59 Å². The van der Waals surface area contributed by atoms with Crippen molar-refractivity contribution in [2.45, 2.75) is 252 Å². The van der Waals surface area contributed by atoms with Crippen molar-refractivity contribution in [2.24, 2.45) is 10.8 Å². The average molecular weight is 1100 g/mol. The summed E-state index contributed by atoms with van der Waals surface area (Å²) in [5.41, 5.74) is -0.301. The first-order valence-corrected chi connectivity index (χ1v) is 30.8. The Morgan fingerprint density at radius 2 is 0.962 bits per heavy atom. The zero-order valence-electron chi connectivity index (χ0n) is 50.9. The van der Waals surface area contributed by atoms with Crippen molar-refractivity contribution in [1.82, 2.24) is 21.3 Å². The van der Waals surface area contributed by atoms with Gasteiger partial charge in [0.2, 0.25) is 11.8 Å². The zero-order chi connectivity index (χ0) is 58.1. The molecule has 0 saturated heterocycles. The second-order valence-electron chi connectivity index (χ2n) is 25.3. The molecule has 452 valence electrons. The summed E-state index contributed by atoms with van der Waals surface area (Å²) in [5.74, 6) is -2.03. The summed E-state index contributed by atoms with van der Waals surface area (Å²) in [7, 11) is 7.39. The number of carboxylic acids is 2. The van der Waals surface area contributed by atoms with Crippen LogP contribution in [0.15, 0.2) is 24.3 Å². The molecule has 4 amide bonds. The van der Waals surface area contributed by atoms with E-state index < -0.39 is 11.9 Å². The number of allylic oxidation sites excluding steroid dienone is 2. The maximum absolute atomic E-state index is 13.6. The lowest BCUT2D eigenvalue weighted by Gasteiger charge is -2.46. The summed E-state index contributed by atoms with van der Waals surface area (Å²) in [4.78, 5) is 73.2. The molecule has 0 heterocycles. The largest absolute Gasteiger partial charge is 0.544 e. The number of likely N-dealkylation sites (N-methyl/N-ethyl adjacent to an activating group) is 2. The van der Waals surface area contributed by atoms with E-state index in [-0.39, 0.29) is 66.2 Å². The van der Waals surface area contributed by atoms with Crippen molar-refractivity contribution in [3.05, 3.63) is 24.3 Å². The summed E-state index contributed by atoms with van der Waals surface area (Å²) in [6.45, 7) is 13.8. The van der Waals surface area contributed by atoms with Crippen LogP contribution in [0, 0.1) is 10.8 Å². The molecule has 16 heteroatoms. The van der Waals surface area contributed by atoms with Crippen LogP contribution in [0.2, 0.25) is 0 Å². The molecule has 1 aliphatic carbocycles. The Hall–Kier alpha value is -4.18. The fourth-order valence-corrected chi connectivity index (χ4v) is 11.1. The minimum Gasteiger partial charge on any atom is -0.544 e. The SMILES string of the molecule is CCCCCCC(C/C=C\CCCCCCCC(=O)NCCC[N+](C)(C)CC(=O)[O-])OC(=O)NCC1(C)CC(NC(=O)OC(C/C=C/CCCCCCCC(=O)NCCC[N+](C)(C)CC(=O)[O-])CCCCCC)CC(C)(C)C1. The Morgan fingerprint density at radius 1 is 0.538 bits per heavy atom. The van der Waals surface area contributed by atoms with E-state index >= 15 is 0 Å². The number of amides is 4. The van der Waals surface area contributed by atoms with Gasteiger partial charge >= 0.3 is 12.2 Å². The summed E-state index contributed by atoms with van der Waals surface area (Å²) < 4.78 is 12.9. The molecule has 4 N–H and O–H groups in total. The molecule has 1 rings (SSSR count). The molecule has 0 aromatic carbocycles. The van der Waals surface area contributed by atoms with E-state index in [0.29, 0.717) is 67.4 Å². The third kappa shape index (κ3) is 40.9. The number of aliphatic carboxylic acids is 2. The molecule has 1 saturated carbocycles. The Balaban J connectivity index is 2.54. The predicted octanol–water partition coefficient (Wildman–Crippen LogP) is 9.72. The third-order valence-electron chi connectivity index (χ3n) is 15.1. The number of rotatable bonds is 47. The molecule has 0 aromatic rings. The molecule has 0 bridgehead atoms. The maximum atomic E-state index is 13.6. The number of alkyl carbamates (subject to hydrolysis) is 2. The van der Waals surface area contributed by atoms with E-state index in [0.717, 1.165) is 173 Å². The van der Waals surface area contributed by atoms with Crippen LogP contribution in [-0.4, -0.2) is 137 Å². The van der Waals surface area contributed by atoms with E-state index in [1.54, 1.807) is 0 Å². The Morgan fingerprint density at radius 3 is 1.41 bits per heavy atom. The number of quaternary nitrogens is 2. The molecule has 4 atom stereocenters. The number of hydrogen-bond acceptors (Lipinski definition) is 10. The summed E-state index contributed by atoms with van der Waals surface area (Å²) in [5, 5.41) is 34.1. The number of ether oxygens (including phenoxy) is 2. The molecule has 4 unspecified atom stereocenters. The van der Waals surface area contributed by atoms with Crippen LogP contribution in [0.3, 0.4) is 0 Å². The number of carbonyl (C=O) groups is 6. The van der Waals surface area contributed by atoms with Crippen molar-refractivity contribution >= 4 is 35.9 Å². The van der Waals surface area contributed by atoms with E-state index in [4.69, 9.17) is 9.47 Å². The molecule has 0 aromatic heterocycles. The second kappa shape index (κ2) is 41.8. The summed E-state index contributed by atoms with van der Waals surface area (Å²) in [6, 6.07) is -0.0870. The zero-order valence-corrected chi connectivity index (χ0v) is 50.9. The fraction of sp³-hybridized carbons (Fsp3) is 0.839. The standard InChI is InChI=1S/C62H114N6O10/c1-10-12-14-28-36-53(38-30-24-20-16-18-22-26-32-40-55(69)63-42-34-44-67(6,7)48-57(71)72)77-59(75)65-51-62(5)47-52(46-61(3,4)50-62)66-60(76)78-54(37-29-15-13-11-2)39-31-25-21-17-19-23-27-33-41-56(70)64-43-35-45-68(8,9)49-58(73)74/h24-25,30-31,52-54H,10-23,26-29,32-51H2,1-9H3,(H4-2,63,64,65,66,69,70,71,72,73,74,75,76)/b30-24-,31-25+. The number of nitrogens with zero attached hydrogens (tertiary/aromatic N) is 2. The van der Waals surface area contributed by atoms with Crippen molar-refractivity contribution in [1.29, 1.82) is 0 Å². The van der Waals surface area contributed by atoms with Crippen LogP contribution in [0.25, 0.3) is 0 Å². The minimum absolute atomic E-state index is 0.0403. The highest BCUT2D eigenvalue weighted by molar-refractivity contribution is 5.76. The lowest BCUT2D eigenvalue weighted by Crippen LogP contribution is -2.51. The molecule has 1 fully saturated rings. The van der Waals surface area contributed by atoms with Crippen LogP contribution in [0.4, 0.5) is 9.59 Å². The van der Waals surface area contributed by atoms with Gasteiger partial charge in [-0.15, -0.1) is 0 Å². The molecule has 1 aliphatic rings. The van der Waals surface area contributed by atoms with Crippen molar-refractivity contribution in [3.63, 3.8) is 0 Å². The summed E-state index contributed by atoms with van der Waals surface area (Å²) in [6.07, 6.45) is 36.5. The molecular weight excluding hydrogens is 989 g/mol. The number of carbonyl (C=O) groups excluding carboxylic acids is 6. The molecule has 78 heavy (non-hydrogen) atoms. The highest BCUT2D eigenvalue weighted by atomic mass is 16.6. The first-order valence-electron chi connectivity index (χ1n) is 30.8. The van der Waals surface area contributed by atoms with Gasteiger partial charge in [-0.25, -0.2) is 9.59 Å². The van der Waals surface area contributed by atoms with Gasteiger partial charge < -0.3 is 59.5 Å². The van der Waals surface area contributed by atoms with Crippen molar-refractivity contribution in [2.75, 3.05) is 74.0 Å². The van der Waals surface area contributed by atoms with Gasteiger partial charge in [0.1, 0.15) is 25.3 Å². The molecule has 0 radical (unpaired) electrons. The van der Waals surface area contributed by atoms with Gasteiger partial charge in [0, 0.05) is 64.2 Å². The number of hydrogen-bond donors (Lipinski definition) is 4. The maximum Gasteiger partial charge on any atom is 0.407 e. The monoisotopic (exact) mass is 1100 g/mol. The average Bonchev–Trinajstić information content (AvgIpc) is 3.33. The van der Waals surface area contributed by atoms with E-state index in [2.05, 4.69) is 80.2 Å². The normalized spacial score (nSPS) is 17.4. The Bertz CT molecular complexity index is 1740. The minimum atomic E-state index is -1.07.